The van der Waals surface area contributed by atoms with Crippen LogP contribution in [-0.2, 0) is 14.4 Å². The van der Waals surface area contributed by atoms with Crippen LogP contribution in [-0.4, -0.2) is 22.1 Å². The minimum absolute atomic E-state index is 0.0520. The molecule has 2 aromatic carbocycles. The lowest BCUT2D eigenvalue weighted by molar-refractivity contribution is -0.191. The quantitative estimate of drug-likeness (QED) is 0.643. The molecule has 7 nitrogen and oxygen atoms in total. The molecule has 0 unspecified atom stereocenters. The Morgan fingerprint density at radius 1 is 1.07 bits per heavy atom. The number of carbonyl (C=O) groups excluding carboxylic acids is 3. The highest BCUT2D eigenvalue weighted by Crippen LogP contribution is 2.23. The predicted molar refractivity (Wildman–Crippen MR) is 101 cm³/mol. The number of rotatable bonds is 2. The van der Waals surface area contributed by atoms with Gasteiger partial charge in [0, 0.05) is 17.5 Å². The minimum Gasteiger partial charge on any atom is -0.507 e. The van der Waals surface area contributed by atoms with Gasteiger partial charge in [-0.2, -0.15) is 9.59 Å². The summed E-state index contributed by atoms with van der Waals surface area (Å²) in [5.74, 6) is 0.121. The summed E-state index contributed by atoms with van der Waals surface area (Å²) in [5, 5.41) is 13.1. The number of aromatic amines is 1. The molecule has 0 spiro atoms. The highest BCUT2D eigenvalue weighted by Gasteiger charge is 2.05. The van der Waals surface area contributed by atoms with Gasteiger partial charge >= 0.3 is 6.15 Å². The number of aromatic nitrogens is 1. The van der Waals surface area contributed by atoms with Crippen molar-refractivity contribution in [3.8, 4) is 5.75 Å². The van der Waals surface area contributed by atoms with Crippen LogP contribution >= 0.6 is 0 Å². The molecule has 1 heterocycles. The van der Waals surface area contributed by atoms with Gasteiger partial charge in [-0.25, -0.2) is 0 Å². The van der Waals surface area contributed by atoms with Gasteiger partial charge in [-0.1, -0.05) is 37.3 Å². The standard InChI is InChI=1S/C10H9NO2.C9H11NO.CO2/c1-6-9(12)7-4-2-3-5-8(7)11-10(6)13;1-2-9(11)10-8-6-4-3-5-7-8;2-1-3/h2-5H,1H3,(H2,11,12,13);3-7H,2H2,1H3,(H,10,11);. The Labute approximate surface area is 155 Å². The smallest absolute Gasteiger partial charge is 0.373 e. The Kier molecular flexibility index (Phi) is 8.71. The number of amides is 1. The molecule has 0 aliphatic rings. The molecular formula is C20H20N2O5. The summed E-state index contributed by atoms with van der Waals surface area (Å²) in [6.45, 7) is 3.43. The van der Waals surface area contributed by atoms with Crippen molar-refractivity contribution in [2.45, 2.75) is 20.3 Å². The molecule has 0 saturated carbocycles. The molecule has 3 rings (SSSR count). The van der Waals surface area contributed by atoms with Gasteiger partial charge in [0.2, 0.25) is 5.91 Å². The number of H-pyrrole nitrogens is 1. The van der Waals surface area contributed by atoms with Gasteiger partial charge in [0.1, 0.15) is 5.75 Å². The second-order valence-electron chi connectivity index (χ2n) is 5.32. The molecule has 3 aromatic rings. The first kappa shape index (κ1) is 21.3. The highest BCUT2D eigenvalue weighted by molar-refractivity contribution is 5.90. The molecule has 0 atom stereocenters. The number of benzene rings is 2. The molecule has 0 aliphatic heterocycles. The zero-order valence-corrected chi connectivity index (χ0v) is 15.0. The summed E-state index contributed by atoms with van der Waals surface area (Å²) < 4.78 is 0. The number of hydrogen-bond donors (Lipinski definition) is 3. The van der Waals surface area contributed by atoms with Crippen LogP contribution in [0.15, 0.2) is 59.4 Å². The van der Waals surface area contributed by atoms with Gasteiger partial charge in [-0.05, 0) is 31.2 Å². The number of para-hydroxylation sites is 2. The van der Waals surface area contributed by atoms with Crippen LogP contribution in [0.25, 0.3) is 10.9 Å². The van der Waals surface area contributed by atoms with Crippen molar-refractivity contribution in [1.82, 2.24) is 4.98 Å². The zero-order chi connectivity index (χ0) is 20.2. The third-order valence-electron chi connectivity index (χ3n) is 3.50. The third kappa shape index (κ3) is 6.61. The van der Waals surface area contributed by atoms with Gasteiger partial charge in [-0.15, -0.1) is 0 Å². The number of carbonyl (C=O) groups is 1. The van der Waals surface area contributed by atoms with Crippen LogP contribution in [0.5, 0.6) is 5.75 Å². The fourth-order valence-electron chi connectivity index (χ4n) is 2.10. The number of pyridine rings is 1. The first-order chi connectivity index (χ1) is 12.9. The average molecular weight is 368 g/mol. The first-order valence-electron chi connectivity index (χ1n) is 8.09. The van der Waals surface area contributed by atoms with E-state index in [1.165, 1.54) is 0 Å². The molecular weight excluding hydrogens is 348 g/mol. The lowest BCUT2D eigenvalue weighted by Crippen LogP contribution is -2.08. The van der Waals surface area contributed by atoms with E-state index in [4.69, 9.17) is 9.59 Å². The van der Waals surface area contributed by atoms with Crippen LogP contribution in [0.3, 0.4) is 0 Å². The Morgan fingerprint density at radius 3 is 2.22 bits per heavy atom. The van der Waals surface area contributed by atoms with Crippen LogP contribution < -0.4 is 10.9 Å². The highest BCUT2D eigenvalue weighted by atomic mass is 16.3. The third-order valence-corrected chi connectivity index (χ3v) is 3.50. The zero-order valence-electron chi connectivity index (χ0n) is 15.0. The van der Waals surface area contributed by atoms with E-state index in [1.54, 1.807) is 19.1 Å². The normalized spacial score (nSPS) is 9.11. The molecule has 3 N–H and O–H groups in total. The van der Waals surface area contributed by atoms with Crippen molar-refractivity contribution in [3.05, 3.63) is 70.5 Å². The van der Waals surface area contributed by atoms with E-state index in [0.717, 1.165) is 5.69 Å². The van der Waals surface area contributed by atoms with Crippen LogP contribution in [0.1, 0.15) is 18.9 Å². The summed E-state index contributed by atoms with van der Waals surface area (Å²) in [7, 11) is 0. The number of hydrogen-bond acceptors (Lipinski definition) is 5. The maximum atomic E-state index is 11.2. The lowest BCUT2D eigenvalue weighted by atomic mass is 10.1. The monoisotopic (exact) mass is 368 g/mol. The Morgan fingerprint density at radius 2 is 1.63 bits per heavy atom. The van der Waals surface area contributed by atoms with E-state index in [2.05, 4.69) is 10.3 Å². The van der Waals surface area contributed by atoms with Gasteiger partial charge < -0.3 is 15.4 Å². The number of anilines is 1. The molecule has 1 amide bonds. The van der Waals surface area contributed by atoms with Crippen molar-refractivity contribution in [3.63, 3.8) is 0 Å². The summed E-state index contributed by atoms with van der Waals surface area (Å²) in [6.07, 6.45) is 0.773. The maximum absolute atomic E-state index is 11.2. The predicted octanol–water partition coefficient (Wildman–Crippen LogP) is 2.99. The van der Waals surface area contributed by atoms with Crippen LogP contribution in [0, 0.1) is 6.92 Å². The summed E-state index contributed by atoms with van der Waals surface area (Å²) in [5.41, 5.74) is 1.64. The van der Waals surface area contributed by atoms with E-state index in [1.807, 2.05) is 49.4 Å². The first-order valence-corrected chi connectivity index (χ1v) is 8.09. The van der Waals surface area contributed by atoms with Crippen LogP contribution in [0.2, 0.25) is 0 Å². The van der Waals surface area contributed by atoms with Crippen molar-refractivity contribution in [2.75, 3.05) is 5.32 Å². The fraction of sp³-hybridized carbons (Fsp3) is 0.150. The molecule has 0 radical (unpaired) electrons. The Hall–Kier alpha value is -3.70. The molecule has 1 aromatic heterocycles. The number of aromatic hydroxyl groups is 1. The van der Waals surface area contributed by atoms with Crippen molar-refractivity contribution >= 4 is 28.6 Å². The maximum Gasteiger partial charge on any atom is 0.373 e. The summed E-state index contributed by atoms with van der Waals surface area (Å²) in [4.78, 5) is 41.0. The molecule has 140 valence electrons. The largest absolute Gasteiger partial charge is 0.507 e. The van der Waals surface area contributed by atoms with Gasteiger partial charge in [0.25, 0.3) is 5.56 Å². The molecule has 0 saturated heterocycles. The second kappa shape index (κ2) is 11.0. The summed E-state index contributed by atoms with van der Waals surface area (Å²) in [6, 6.07) is 16.6. The van der Waals surface area contributed by atoms with E-state index in [-0.39, 0.29) is 23.4 Å². The summed E-state index contributed by atoms with van der Waals surface area (Å²) >= 11 is 0. The molecule has 7 heteroatoms. The molecule has 27 heavy (non-hydrogen) atoms. The van der Waals surface area contributed by atoms with E-state index in [0.29, 0.717) is 22.9 Å². The van der Waals surface area contributed by atoms with Crippen molar-refractivity contribution in [2.24, 2.45) is 0 Å². The SMILES string of the molecule is CCC(=O)Nc1ccccc1.Cc1c(O)c2ccccc2[nH]c1=O.O=C=O. The Bertz CT molecular complexity index is 975. The van der Waals surface area contributed by atoms with Gasteiger partial charge in [0.15, 0.2) is 0 Å². The van der Waals surface area contributed by atoms with Crippen molar-refractivity contribution in [1.29, 1.82) is 0 Å². The molecule has 0 bridgehead atoms. The molecule has 0 fully saturated rings. The van der Waals surface area contributed by atoms with Crippen molar-refractivity contribution < 1.29 is 19.5 Å². The number of nitrogens with one attached hydrogen (secondary N) is 2. The van der Waals surface area contributed by atoms with Gasteiger partial charge in [0.05, 0.1) is 11.1 Å². The van der Waals surface area contributed by atoms with E-state index >= 15 is 0 Å². The van der Waals surface area contributed by atoms with Gasteiger partial charge in [-0.3, -0.25) is 9.59 Å². The molecule has 0 aliphatic carbocycles. The Balaban J connectivity index is 0.000000239. The van der Waals surface area contributed by atoms with Crippen LogP contribution in [0.4, 0.5) is 5.69 Å². The second-order valence-corrected chi connectivity index (χ2v) is 5.32. The fourth-order valence-corrected chi connectivity index (χ4v) is 2.10. The lowest BCUT2D eigenvalue weighted by Gasteiger charge is -2.02. The van der Waals surface area contributed by atoms with E-state index in [9.17, 15) is 14.7 Å². The van der Waals surface area contributed by atoms with E-state index < -0.39 is 0 Å². The number of fused-ring (bicyclic) bond motifs is 1. The topological polar surface area (TPSA) is 116 Å². The minimum atomic E-state index is -0.240. The average Bonchev–Trinajstić information content (AvgIpc) is 2.68.